The van der Waals surface area contributed by atoms with E-state index in [0.717, 1.165) is 0 Å². The highest BCUT2D eigenvalue weighted by Gasteiger charge is 2.27. The molecule has 2 unspecified atom stereocenters. The quantitative estimate of drug-likeness (QED) is 0.897. The summed E-state index contributed by atoms with van der Waals surface area (Å²) in [5, 5.41) is 2.56. The van der Waals surface area contributed by atoms with Gasteiger partial charge in [0.15, 0.2) is 0 Å². The lowest BCUT2D eigenvalue weighted by atomic mass is 10.0. The summed E-state index contributed by atoms with van der Waals surface area (Å²) in [4.78, 5) is 11.7. The van der Waals surface area contributed by atoms with Gasteiger partial charge in [-0.25, -0.2) is 0 Å². The average Bonchev–Trinajstić information content (AvgIpc) is 2.25. The van der Waals surface area contributed by atoms with E-state index in [4.69, 9.17) is 5.73 Å². The predicted molar refractivity (Wildman–Crippen MR) is 74.9 cm³/mol. The Bertz CT molecular complexity index is 449. The first-order chi connectivity index (χ1) is 8.69. The zero-order chi connectivity index (χ0) is 14.6. The van der Waals surface area contributed by atoms with Crippen LogP contribution >= 0.6 is 12.4 Å². The summed E-state index contributed by atoms with van der Waals surface area (Å²) in [7, 11) is 0. The second-order valence-electron chi connectivity index (χ2n) is 4.63. The number of carbonyl (C=O) groups excluding carboxylic acids is 1. The van der Waals surface area contributed by atoms with Gasteiger partial charge < -0.3 is 11.1 Å². The van der Waals surface area contributed by atoms with Crippen LogP contribution in [0.5, 0.6) is 0 Å². The lowest BCUT2D eigenvalue weighted by Crippen LogP contribution is -2.34. The van der Waals surface area contributed by atoms with Crippen molar-refractivity contribution in [1.82, 2.24) is 0 Å². The van der Waals surface area contributed by atoms with E-state index in [0.29, 0.717) is 5.69 Å². The first-order valence-corrected chi connectivity index (χ1v) is 5.91. The Morgan fingerprint density at radius 1 is 1.35 bits per heavy atom. The highest BCUT2D eigenvalue weighted by Crippen LogP contribution is 2.23. The lowest BCUT2D eigenvalue weighted by molar-refractivity contribution is -0.127. The third kappa shape index (κ3) is 6.25. The third-order valence-corrected chi connectivity index (χ3v) is 2.80. The monoisotopic (exact) mass is 310 g/mol. The Hall–Kier alpha value is -1.27. The summed E-state index contributed by atoms with van der Waals surface area (Å²) in [5.41, 5.74) is 6.05. The van der Waals surface area contributed by atoms with Crippen molar-refractivity contribution in [2.24, 2.45) is 11.7 Å². The van der Waals surface area contributed by atoms with E-state index in [9.17, 15) is 18.0 Å². The van der Waals surface area contributed by atoms with Gasteiger partial charge >= 0.3 is 6.18 Å². The zero-order valence-electron chi connectivity index (χ0n) is 11.2. The van der Waals surface area contributed by atoms with Crippen molar-refractivity contribution in [3.05, 3.63) is 29.8 Å². The standard InChI is InChI=1S/C13H17F3N2O.ClH/c1-8(9(2)17)12(19)18-11-5-3-4-10(6-11)7-13(14,15)16;/h3-6,8-9H,7,17H2,1-2H3,(H,18,19);1H. The fraction of sp³-hybridized carbons (Fsp3) is 0.462. The molecule has 20 heavy (non-hydrogen) atoms. The molecule has 0 heterocycles. The van der Waals surface area contributed by atoms with Gasteiger partial charge in [-0.3, -0.25) is 4.79 Å². The van der Waals surface area contributed by atoms with Gasteiger partial charge in [-0.1, -0.05) is 19.1 Å². The number of benzene rings is 1. The summed E-state index contributed by atoms with van der Waals surface area (Å²) in [6.45, 7) is 3.36. The fourth-order valence-corrected chi connectivity index (χ4v) is 1.49. The number of amides is 1. The molecule has 0 aromatic heterocycles. The molecule has 1 rings (SSSR count). The van der Waals surface area contributed by atoms with Crippen molar-refractivity contribution in [2.75, 3.05) is 5.32 Å². The second-order valence-corrected chi connectivity index (χ2v) is 4.63. The van der Waals surface area contributed by atoms with Crippen LogP contribution in [0.15, 0.2) is 24.3 Å². The summed E-state index contributed by atoms with van der Waals surface area (Å²) >= 11 is 0. The maximum Gasteiger partial charge on any atom is 0.393 e. The Kier molecular flexibility index (Phi) is 7.02. The first kappa shape index (κ1) is 18.7. The number of halogens is 4. The summed E-state index contributed by atoms with van der Waals surface area (Å²) < 4.78 is 36.8. The van der Waals surface area contributed by atoms with Crippen LogP contribution in [0.4, 0.5) is 18.9 Å². The van der Waals surface area contributed by atoms with Crippen LogP contribution in [0.1, 0.15) is 19.4 Å². The topological polar surface area (TPSA) is 55.1 Å². The highest BCUT2D eigenvalue weighted by molar-refractivity contribution is 5.92. The largest absolute Gasteiger partial charge is 0.393 e. The van der Waals surface area contributed by atoms with Crippen LogP contribution < -0.4 is 11.1 Å². The second kappa shape index (κ2) is 7.50. The zero-order valence-corrected chi connectivity index (χ0v) is 12.0. The van der Waals surface area contributed by atoms with Gasteiger partial charge in [0.2, 0.25) is 5.91 Å². The highest BCUT2D eigenvalue weighted by atomic mass is 35.5. The van der Waals surface area contributed by atoms with E-state index >= 15 is 0 Å². The lowest BCUT2D eigenvalue weighted by Gasteiger charge is -2.16. The van der Waals surface area contributed by atoms with Crippen LogP contribution in [-0.2, 0) is 11.2 Å². The van der Waals surface area contributed by atoms with Gasteiger partial charge in [0.05, 0.1) is 12.3 Å². The maximum absolute atomic E-state index is 12.3. The molecule has 1 amide bonds. The molecule has 0 aliphatic carbocycles. The number of anilines is 1. The van der Waals surface area contributed by atoms with Gasteiger partial charge in [0.25, 0.3) is 0 Å². The SMILES string of the molecule is CC(N)C(C)C(=O)Nc1cccc(CC(F)(F)F)c1.Cl. The summed E-state index contributed by atoms with van der Waals surface area (Å²) in [6.07, 6.45) is -5.28. The van der Waals surface area contributed by atoms with Gasteiger partial charge in [0.1, 0.15) is 0 Å². The number of nitrogens with one attached hydrogen (secondary N) is 1. The van der Waals surface area contributed by atoms with Gasteiger partial charge in [-0.2, -0.15) is 13.2 Å². The molecule has 0 spiro atoms. The van der Waals surface area contributed by atoms with Crippen LogP contribution in [0.2, 0.25) is 0 Å². The molecule has 0 aliphatic rings. The van der Waals surface area contributed by atoms with Crippen molar-refractivity contribution in [2.45, 2.75) is 32.5 Å². The van der Waals surface area contributed by atoms with Crippen LogP contribution in [-0.4, -0.2) is 18.1 Å². The Morgan fingerprint density at radius 3 is 2.45 bits per heavy atom. The van der Waals surface area contributed by atoms with Crippen molar-refractivity contribution >= 4 is 24.0 Å². The molecule has 0 radical (unpaired) electrons. The van der Waals surface area contributed by atoms with Crippen molar-refractivity contribution in [3.63, 3.8) is 0 Å². The molecule has 7 heteroatoms. The normalized spacial score (nSPS) is 14.1. The average molecular weight is 311 g/mol. The maximum atomic E-state index is 12.3. The van der Waals surface area contributed by atoms with Crippen LogP contribution in [0, 0.1) is 5.92 Å². The molecular formula is C13H18ClF3N2O. The molecule has 0 aliphatic heterocycles. The molecule has 3 nitrogen and oxygen atoms in total. The van der Waals surface area contributed by atoms with E-state index in [1.807, 2.05) is 0 Å². The third-order valence-electron chi connectivity index (χ3n) is 2.80. The minimum atomic E-state index is -4.26. The van der Waals surface area contributed by atoms with Crippen molar-refractivity contribution in [3.8, 4) is 0 Å². The molecule has 1 aromatic rings. The molecule has 0 saturated carbocycles. The molecular weight excluding hydrogens is 293 g/mol. The Balaban J connectivity index is 0.00000361. The molecule has 0 bridgehead atoms. The fourth-order valence-electron chi connectivity index (χ4n) is 1.49. The van der Waals surface area contributed by atoms with Crippen LogP contribution in [0.25, 0.3) is 0 Å². The van der Waals surface area contributed by atoms with Crippen LogP contribution in [0.3, 0.4) is 0 Å². The van der Waals surface area contributed by atoms with Crippen molar-refractivity contribution in [1.29, 1.82) is 0 Å². The number of hydrogen-bond acceptors (Lipinski definition) is 2. The first-order valence-electron chi connectivity index (χ1n) is 5.91. The van der Waals surface area contributed by atoms with E-state index < -0.39 is 18.5 Å². The molecule has 2 atom stereocenters. The molecule has 114 valence electrons. The van der Waals surface area contributed by atoms with E-state index in [1.54, 1.807) is 19.9 Å². The molecule has 0 saturated heterocycles. The van der Waals surface area contributed by atoms with Crippen molar-refractivity contribution < 1.29 is 18.0 Å². The molecule has 1 aromatic carbocycles. The number of carbonyl (C=O) groups is 1. The number of nitrogens with two attached hydrogens (primary N) is 1. The Labute approximate surface area is 122 Å². The number of alkyl halides is 3. The summed E-state index contributed by atoms with van der Waals surface area (Å²) in [5.74, 6) is -0.717. The smallest absolute Gasteiger partial charge is 0.327 e. The summed E-state index contributed by atoms with van der Waals surface area (Å²) in [6, 6.07) is 5.40. The number of hydrogen-bond donors (Lipinski definition) is 2. The van der Waals surface area contributed by atoms with Gasteiger partial charge in [-0.05, 0) is 24.6 Å². The van der Waals surface area contributed by atoms with E-state index in [-0.39, 0.29) is 29.9 Å². The number of rotatable bonds is 4. The molecule has 3 N–H and O–H groups in total. The minimum Gasteiger partial charge on any atom is -0.327 e. The van der Waals surface area contributed by atoms with Gasteiger partial charge in [-0.15, -0.1) is 12.4 Å². The molecule has 0 fully saturated rings. The van der Waals surface area contributed by atoms with E-state index in [2.05, 4.69) is 5.32 Å². The van der Waals surface area contributed by atoms with Gasteiger partial charge in [0, 0.05) is 11.7 Å². The predicted octanol–water partition coefficient (Wildman–Crippen LogP) is 3.14. The Morgan fingerprint density at radius 2 is 1.95 bits per heavy atom. The van der Waals surface area contributed by atoms with E-state index in [1.165, 1.54) is 18.2 Å². The minimum absolute atomic E-state index is 0.